The van der Waals surface area contributed by atoms with Crippen molar-refractivity contribution in [3.8, 4) is 11.5 Å². The number of amides is 1. The molecule has 0 aliphatic heterocycles. The van der Waals surface area contributed by atoms with Crippen molar-refractivity contribution in [2.24, 2.45) is 5.10 Å². The first-order valence-corrected chi connectivity index (χ1v) is 10.3. The number of hydrazone groups is 1. The number of nitrogens with zero attached hydrogens (tertiary/aromatic N) is 3. The van der Waals surface area contributed by atoms with Crippen LogP contribution >= 0.6 is 11.8 Å². The highest BCUT2D eigenvalue weighted by molar-refractivity contribution is 7.99. The summed E-state index contributed by atoms with van der Waals surface area (Å²) in [6.07, 6.45) is 1.49. The molecule has 1 amide bonds. The Balaban J connectivity index is 1.58. The lowest BCUT2D eigenvalue weighted by Crippen LogP contribution is -2.20. The lowest BCUT2D eigenvalue weighted by atomic mass is 10.2. The number of para-hydroxylation sites is 2. The summed E-state index contributed by atoms with van der Waals surface area (Å²) in [5, 5.41) is 4.77. The normalized spacial score (nSPS) is 11.0. The van der Waals surface area contributed by atoms with Gasteiger partial charge in [0.15, 0.2) is 16.7 Å². The van der Waals surface area contributed by atoms with Crippen LogP contribution in [0.25, 0.3) is 11.0 Å². The van der Waals surface area contributed by atoms with E-state index in [0.717, 1.165) is 22.7 Å². The number of rotatable bonds is 8. The van der Waals surface area contributed by atoms with Crippen molar-refractivity contribution < 1.29 is 19.1 Å². The van der Waals surface area contributed by atoms with Crippen LogP contribution in [0.3, 0.4) is 0 Å². The quantitative estimate of drug-likeness (QED) is 0.195. The second kappa shape index (κ2) is 9.93. The van der Waals surface area contributed by atoms with Crippen LogP contribution in [-0.4, -0.2) is 40.5 Å². The summed E-state index contributed by atoms with van der Waals surface area (Å²) in [6.45, 7) is 4.13. The zero-order valence-electron chi connectivity index (χ0n) is 16.9. The van der Waals surface area contributed by atoms with Gasteiger partial charge in [0.25, 0.3) is 5.91 Å². The summed E-state index contributed by atoms with van der Waals surface area (Å²) in [4.78, 5) is 27.9. The van der Waals surface area contributed by atoms with E-state index >= 15 is 0 Å². The second-order valence-electron chi connectivity index (χ2n) is 6.21. The summed E-state index contributed by atoms with van der Waals surface area (Å²) in [5.41, 5.74) is 5.14. The van der Waals surface area contributed by atoms with Gasteiger partial charge < -0.3 is 14.0 Å². The Labute approximate surface area is 178 Å². The molecule has 1 heterocycles. The number of hydrogen-bond acceptors (Lipinski definition) is 7. The number of ether oxygens (including phenoxy) is 2. The van der Waals surface area contributed by atoms with Gasteiger partial charge in [-0.25, -0.2) is 10.4 Å². The summed E-state index contributed by atoms with van der Waals surface area (Å²) in [6, 6.07) is 12.9. The van der Waals surface area contributed by atoms with Crippen molar-refractivity contribution in [1.29, 1.82) is 0 Å². The van der Waals surface area contributed by atoms with Crippen LogP contribution < -0.4 is 14.9 Å². The van der Waals surface area contributed by atoms with Gasteiger partial charge in [0.2, 0.25) is 0 Å². The third-order valence-corrected chi connectivity index (χ3v) is 5.09. The summed E-state index contributed by atoms with van der Waals surface area (Å²) >= 11 is 1.36. The second-order valence-corrected chi connectivity index (χ2v) is 7.16. The average Bonchev–Trinajstić information content (AvgIpc) is 3.10. The number of nitrogens with one attached hydrogen (secondary N) is 1. The van der Waals surface area contributed by atoms with Gasteiger partial charge in [0.05, 0.1) is 30.1 Å². The fourth-order valence-electron chi connectivity index (χ4n) is 2.81. The summed E-state index contributed by atoms with van der Waals surface area (Å²) in [5.74, 6) is 0.233. The number of imidazole rings is 1. The Morgan fingerprint density at radius 3 is 2.77 bits per heavy atom. The van der Waals surface area contributed by atoms with Crippen LogP contribution in [0.4, 0.5) is 0 Å². The first-order valence-electron chi connectivity index (χ1n) is 9.28. The Bertz CT molecular complexity index is 1090. The van der Waals surface area contributed by atoms with Crippen molar-refractivity contribution >= 4 is 40.9 Å². The molecule has 9 heteroatoms. The fraction of sp³-hybridized carbons (Fsp3) is 0.238. The number of carbonyl (C=O) groups excluding carboxylic acids is 2. The van der Waals surface area contributed by atoms with Gasteiger partial charge in [-0.1, -0.05) is 23.9 Å². The molecule has 1 aromatic heterocycles. The molecule has 1 N–H and O–H groups in total. The van der Waals surface area contributed by atoms with Crippen LogP contribution in [0.1, 0.15) is 19.4 Å². The van der Waals surface area contributed by atoms with Crippen LogP contribution in [-0.2, 0) is 16.1 Å². The van der Waals surface area contributed by atoms with E-state index in [1.54, 1.807) is 18.2 Å². The molecule has 30 heavy (non-hydrogen) atoms. The monoisotopic (exact) mass is 426 g/mol. The smallest absolute Gasteiger partial charge is 0.308 e. The molecule has 0 aliphatic carbocycles. The Kier molecular flexibility index (Phi) is 7.08. The minimum absolute atomic E-state index is 0.190. The number of aromatic nitrogens is 2. The molecular weight excluding hydrogens is 404 g/mol. The van der Waals surface area contributed by atoms with Gasteiger partial charge in [-0.05, 0) is 42.8 Å². The van der Waals surface area contributed by atoms with Crippen LogP contribution in [0.2, 0.25) is 0 Å². The van der Waals surface area contributed by atoms with Crippen LogP contribution in [0.15, 0.2) is 52.7 Å². The van der Waals surface area contributed by atoms with E-state index in [2.05, 4.69) is 20.1 Å². The molecule has 0 saturated heterocycles. The molecule has 3 aromatic rings. The van der Waals surface area contributed by atoms with E-state index in [-0.39, 0.29) is 11.7 Å². The highest BCUT2D eigenvalue weighted by Crippen LogP contribution is 2.27. The maximum absolute atomic E-state index is 12.2. The molecule has 0 aliphatic rings. The number of methoxy groups -OCH3 is 1. The number of fused-ring (bicyclic) bond motifs is 1. The predicted octanol–water partition coefficient (Wildman–Crippen LogP) is 3.23. The van der Waals surface area contributed by atoms with Gasteiger partial charge in [0.1, 0.15) is 0 Å². The highest BCUT2D eigenvalue weighted by atomic mass is 32.2. The van der Waals surface area contributed by atoms with E-state index in [0.29, 0.717) is 17.1 Å². The largest absolute Gasteiger partial charge is 0.493 e. The van der Waals surface area contributed by atoms with E-state index in [9.17, 15) is 9.59 Å². The van der Waals surface area contributed by atoms with Crippen LogP contribution in [0, 0.1) is 0 Å². The van der Waals surface area contributed by atoms with E-state index in [1.165, 1.54) is 32.0 Å². The summed E-state index contributed by atoms with van der Waals surface area (Å²) in [7, 11) is 1.48. The lowest BCUT2D eigenvalue weighted by molar-refractivity contribution is -0.132. The van der Waals surface area contributed by atoms with Gasteiger partial charge in [-0.2, -0.15) is 5.10 Å². The highest BCUT2D eigenvalue weighted by Gasteiger charge is 2.11. The van der Waals surface area contributed by atoms with E-state index in [4.69, 9.17) is 9.47 Å². The lowest BCUT2D eigenvalue weighted by Gasteiger charge is -2.08. The molecular formula is C21H22N4O4S. The zero-order valence-corrected chi connectivity index (χ0v) is 17.7. The molecule has 2 aromatic carbocycles. The minimum atomic E-state index is -0.434. The molecule has 0 unspecified atom stereocenters. The SMILES string of the molecule is CCn1c(SCC(=O)N/N=C/c2ccc(OC(C)=O)c(OC)c2)nc2ccccc21. The van der Waals surface area contributed by atoms with E-state index < -0.39 is 5.97 Å². The fourth-order valence-corrected chi connectivity index (χ4v) is 3.68. The first kappa shape index (κ1) is 21.4. The molecule has 0 atom stereocenters. The third kappa shape index (κ3) is 5.18. The van der Waals surface area contributed by atoms with Gasteiger partial charge in [-0.3, -0.25) is 9.59 Å². The molecule has 156 valence electrons. The van der Waals surface area contributed by atoms with Gasteiger partial charge >= 0.3 is 5.97 Å². The Morgan fingerprint density at radius 1 is 1.23 bits per heavy atom. The van der Waals surface area contributed by atoms with Crippen molar-refractivity contribution in [2.45, 2.75) is 25.5 Å². The van der Waals surface area contributed by atoms with E-state index in [1.807, 2.05) is 31.2 Å². The first-order chi connectivity index (χ1) is 14.5. The van der Waals surface area contributed by atoms with Gasteiger partial charge in [0, 0.05) is 13.5 Å². The number of aryl methyl sites for hydroxylation is 1. The number of carbonyl (C=O) groups is 2. The molecule has 0 spiro atoms. The van der Waals surface area contributed by atoms with Gasteiger partial charge in [-0.15, -0.1) is 0 Å². The number of esters is 1. The predicted molar refractivity (Wildman–Crippen MR) is 116 cm³/mol. The summed E-state index contributed by atoms with van der Waals surface area (Å²) < 4.78 is 12.3. The van der Waals surface area contributed by atoms with Crippen LogP contribution in [0.5, 0.6) is 11.5 Å². The van der Waals surface area contributed by atoms with Crippen molar-refractivity contribution in [3.63, 3.8) is 0 Å². The molecule has 0 bridgehead atoms. The standard InChI is InChI=1S/C21H22N4O4S/c1-4-25-17-8-6-5-7-16(17)23-21(25)30-13-20(27)24-22-12-15-9-10-18(29-14(2)26)19(11-15)28-3/h5-12H,4,13H2,1-3H3,(H,24,27)/b22-12+. The van der Waals surface area contributed by atoms with Crippen molar-refractivity contribution in [2.75, 3.05) is 12.9 Å². The Hall–Kier alpha value is -3.33. The number of hydrogen-bond donors (Lipinski definition) is 1. The molecule has 0 saturated carbocycles. The third-order valence-electron chi connectivity index (χ3n) is 4.11. The topological polar surface area (TPSA) is 94.8 Å². The molecule has 8 nitrogen and oxygen atoms in total. The maximum atomic E-state index is 12.2. The molecule has 0 fully saturated rings. The number of benzene rings is 2. The zero-order chi connectivity index (χ0) is 21.5. The number of thioether (sulfide) groups is 1. The Morgan fingerprint density at radius 2 is 2.03 bits per heavy atom. The van der Waals surface area contributed by atoms with Crippen molar-refractivity contribution in [1.82, 2.24) is 15.0 Å². The van der Waals surface area contributed by atoms with Crippen molar-refractivity contribution in [3.05, 3.63) is 48.0 Å². The minimum Gasteiger partial charge on any atom is -0.493 e. The molecule has 0 radical (unpaired) electrons. The maximum Gasteiger partial charge on any atom is 0.308 e. The molecule has 3 rings (SSSR count). The average molecular weight is 426 g/mol.